The summed E-state index contributed by atoms with van der Waals surface area (Å²) in [5.41, 5.74) is 3.66. The van der Waals surface area contributed by atoms with Gasteiger partial charge in [-0.15, -0.1) is 0 Å². The Hall–Kier alpha value is -1.94. The fourth-order valence-electron chi connectivity index (χ4n) is 3.33. The van der Waals surface area contributed by atoms with Crippen molar-refractivity contribution in [3.63, 3.8) is 0 Å². The lowest BCUT2D eigenvalue weighted by Crippen LogP contribution is -2.30. The number of nitrogens with zero attached hydrogens (tertiary/aromatic N) is 2. The number of aromatic nitrogens is 1. The molecule has 0 spiro atoms. The van der Waals surface area contributed by atoms with Crippen LogP contribution in [0.4, 0.5) is 0 Å². The van der Waals surface area contributed by atoms with E-state index < -0.39 is 0 Å². The van der Waals surface area contributed by atoms with Gasteiger partial charge in [0.2, 0.25) is 0 Å². The fourth-order valence-corrected chi connectivity index (χ4v) is 3.33. The summed E-state index contributed by atoms with van der Waals surface area (Å²) in [7, 11) is 0. The van der Waals surface area contributed by atoms with Crippen molar-refractivity contribution < 1.29 is 9.53 Å². The Morgan fingerprint density at radius 3 is 2.96 bits per heavy atom. The average Bonchev–Trinajstić information content (AvgIpc) is 3.03. The van der Waals surface area contributed by atoms with E-state index in [0.29, 0.717) is 5.92 Å². The second kappa shape index (κ2) is 7.31. The summed E-state index contributed by atoms with van der Waals surface area (Å²) in [6, 6.07) is 8.15. The standard InChI is InChI=1S/C20H26N2O2/c1-4-9-24-13-16-7-8-22(12-16)20(23)18-11-17-10-14(2)5-6-19(17)21-15(18)3/h5-6,10-11,16H,4,7-9,12-13H2,1-3H3/t16-/m0/s1. The number of hydrogen-bond donors (Lipinski definition) is 0. The summed E-state index contributed by atoms with van der Waals surface area (Å²) in [5.74, 6) is 0.554. The molecule has 128 valence electrons. The molecule has 24 heavy (non-hydrogen) atoms. The number of carbonyl (C=O) groups excluding carboxylic acids is 1. The Balaban J connectivity index is 1.75. The number of benzene rings is 1. The Bertz CT molecular complexity index is 742. The smallest absolute Gasteiger partial charge is 0.255 e. The van der Waals surface area contributed by atoms with Crippen molar-refractivity contribution in [3.05, 3.63) is 41.1 Å². The number of fused-ring (bicyclic) bond motifs is 1. The number of aryl methyl sites for hydroxylation is 2. The highest BCUT2D eigenvalue weighted by Crippen LogP contribution is 2.23. The quantitative estimate of drug-likeness (QED) is 0.786. The first-order chi connectivity index (χ1) is 11.6. The molecule has 1 saturated heterocycles. The molecule has 2 heterocycles. The topological polar surface area (TPSA) is 42.4 Å². The number of pyridine rings is 1. The highest BCUT2D eigenvalue weighted by Gasteiger charge is 2.28. The molecule has 0 unspecified atom stereocenters. The van der Waals surface area contributed by atoms with Crippen LogP contribution in [0.5, 0.6) is 0 Å². The molecule has 1 amide bonds. The summed E-state index contributed by atoms with van der Waals surface area (Å²) in [4.78, 5) is 19.5. The van der Waals surface area contributed by atoms with Crippen molar-refractivity contribution in [2.24, 2.45) is 5.92 Å². The number of likely N-dealkylation sites (tertiary alicyclic amines) is 1. The number of amides is 1. The Morgan fingerprint density at radius 2 is 2.17 bits per heavy atom. The number of ether oxygens (including phenoxy) is 1. The van der Waals surface area contributed by atoms with Gasteiger partial charge < -0.3 is 9.64 Å². The first-order valence-electron chi connectivity index (χ1n) is 8.83. The van der Waals surface area contributed by atoms with Crippen LogP contribution in [-0.2, 0) is 4.74 Å². The van der Waals surface area contributed by atoms with Gasteiger partial charge in [0.05, 0.1) is 23.4 Å². The van der Waals surface area contributed by atoms with Crippen LogP contribution >= 0.6 is 0 Å². The van der Waals surface area contributed by atoms with Crippen LogP contribution in [0.25, 0.3) is 10.9 Å². The van der Waals surface area contributed by atoms with Crippen LogP contribution in [0.3, 0.4) is 0 Å². The molecule has 0 N–H and O–H groups in total. The third kappa shape index (κ3) is 3.59. The van der Waals surface area contributed by atoms with E-state index in [4.69, 9.17) is 4.74 Å². The van der Waals surface area contributed by atoms with Crippen LogP contribution in [-0.4, -0.2) is 42.1 Å². The third-order valence-electron chi connectivity index (χ3n) is 4.67. The molecule has 1 aromatic heterocycles. The van der Waals surface area contributed by atoms with Gasteiger partial charge in [-0.1, -0.05) is 18.6 Å². The molecule has 0 aliphatic carbocycles. The van der Waals surface area contributed by atoms with E-state index in [1.165, 1.54) is 5.56 Å². The molecule has 4 nitrogen and oxygen atoms in total. The molecule has 1 atom stereocenters. The molecule has 0 bridgehead atoms. The van der Waals surface area contributed by atoms with Crippen molar-refractivity contribution in [1.82, 2.24) is 9.88 Å². The number of hydrogen-bond acceptors (Lipinski definition) is 3. The van der Waals surface area contributed by atoms with Gasteiger partial charge in [0, 0.05) is 31.0 Å². The summed E-state index contributed by atoms with van der Waals surface area (Å²) >= 11 is 0. The molecule has 2 aromatic rings. The predicted molar refractivity (Wildman–Crippen MR) is 96.3 cm³/mol. The van der Waals surface area contributed by atoms with Gasteiger partial charge >= 0.3 is 0 Å². The van der Waals surface area contributed by atoms with Crippen LogP contribution < -0.4 is 0 Å². The van der Waals surface area contributed by atoms with E-state index in [0.717, 1.165) is 61.3 Å². The lowest BCUT2D eigenvalue weighted by atomic mass is 10.1. The van der Waals surface area contributed by atoms with Crippen LogP contribution in [0, 0.1) is 19.8 Å². The first kappa shape index (κ1) is 16.9. The normalized spacial score (nSPS) is 17.6. The lowest BCUT2D eigenvalue weighted by molar-refractivity contribution is 0.0753. The zero-order chi connectivity index (χ0) is 17.1. The Labute approximate surface area is 143 Å². The minimum Gasteiger partial charge on any atom is -0.381 e. The highest BCUT2D eigenvalue weighted by molar-refractivity contribution is 5.98. The second-order valence-electron chi connectivity index (χ2n) is 6.80. The van der Waals surface area contributed by atoms with Crippen molar-refractivity contribution in [2.75, 3.05) is 26.3 Å². The number of carbonyl (C=O) groups is 1. The molecule has 1 aliphatic heterocycles. The van der Waals surface area contributed by atoms with Crippen molar-refractivity contribution in [3.8, 4) is 0 Å². The van der Waals surface area contributed by atoms with E-state index in [2.05, 4.69) is 31.0 Å². The monoisotopic (exact) mass is 326 g/mol. The Kier molecular flexibility index (Phi) is 5.14. The van der Waals surface area contributed by atoms with E-state index in [9.17, 15) is 4.79 Å². The number of rotatable bonds is 5. The molecule has 1 aromatic carbocycles. The molecule has 4 heteroatoms. The van der Waals surface area contributed by atoms with E-state index >= 15 is 0 Å². The van der Waals surface area contributed by atoms with Crippen molar-refractivity contribution in [1.29, 1.82) is 0 Å². The minimum absolute atomic E-state index is 0.0985. The molecule has 1 fully saturated rings. The molecular weight excluding hydrogens is 300 g/mol. The fraction of sp³-hybridized carbons (Fsp3) is 0.500. The largest absolute Gasteiger partial charge is 0.381 e. The molecule has 1 aliphatic rings. The molecule has 0 radical (unpaired) electrons. The maximum Gasteiger partial charge on any atom is 0.255 e. The van der Waals surface area contributed by atoms with Crippen molar-refractivity contribution >= 4 is 16.8 Å². The maximum absolute atomic E-state index is 12.9. The van der Waals surface area contributed by atoms with Crippen LogP contribution in [0.2, 0.25) is 0 Å². The predicted octanol–water partition coefficient (Wildman–Crippen LogP) is 3.74. The summed E-state index contributed by atoms with van der Waals surface area (Å²) in [6.45, 7) is 9.25. The van der Waals surface area contributed by atoms with Gasteiger partial charge in [-0.05, 0) is 44.9 Å². The van der Waals surface area contributed by atoms with Gasteiger partial charge in [-0.2, -0.15) is 0 Å². The minimum atomic E-state index is 0.0985. The maximum atomic E-state index is 12.9. The zero-order valence-corrected chi connectivity index (χ0v) is 14.8. The average molecular weight is 326 g/mol. The lowest BCUT2D eigenvalue weighted by Gasteiger charge is -2.18. The van der Waals surface area contributed by atoms with Gasteiger partial charge in [0.1, 0.15) is 0 Å². The van der Waals surface area contributed by atoms with Gasteiger partial charge in [0.15, 0.2) is 0 Å². The summed E-state index contributed by atoms with van der Waals surface area (Å²) in [5, 5.41) is 1.03. The molecule has 0 saturated carbocycles. The molecule has 3 rings (SSSR count). The Morgan fingerprint density at radius 1 is 1.33 bits per heavy atom. The molecular formula is C20H26N2O2. The van der Waals surface area contributed by atoms with Crippen LogP contribution in [0.1, 0.15) is 41.4 Å². The van der Waals surface area contributed by atoms with Crippen molar-refractivity contribution in [2.45, 2.75) is 33.6 Å². The van der Waals surface area contributed by atoms with Gasteiger partial charge in [0.25, 0.3) is 5.91 Å². The van der Waals surface area contributed by atoms with Gasteiger partial charge in [-0.3, -0.25) is 9.78 Å². The van der Waals surface area contributed by atoms with E-state index in [-0.39, 0.29) is 5.91 Å². The summed E-state index contributed by atoms with van der Waals surface area (Å²) in [6.07, 6.45) is 2.06. The zero-order valence-electron chi connectivity index (χ0n) is 14.8. The first-order valence-corrected chi connectivity index (χ1v) is 8.83. The van der Waals surface area contributed by atoms with E-state index in [1.807, 2.05) is 24.0 Å². The summed E-state index contributed by atoms with van der Waals surface area (Å²) < 4.78 is 5.64. The van der Waals surface area contributed by atoms with Crippen LogP contribution in [0.15, 0.2) is 24.3 Å². The highest BCUT2D eigenvalue weighted by atomic mass is 16.5. The second-order valence-corrected chi connectivity index (χ2v) is 6.80. The van der Waals surface area contributed by atoms with E-state index in [1.54, 1.807) is 0 Å². The van der Waals surface area contributed by atoms with Gasteiger partial charge in [-0.25, -0.2) is 0 Å². The third-order valence-corrected chi connectivity index (χ3v) is 4.67. The SMILES string of the molecule is CCCOC[C@H]1CCN(C(=O)c2cc3cc(C)ccc3nc2C)C1.